The van der Waals surface area contributed by atoms with Crippen LogP contribution in [0.1, 0.15) is 25.6 Å². The van der Waals surface area contributed by atoms with Crippen molar-refractivity contribution in [1.29, 1.82) is 0 Å². The standard InChI is InChI=1S/C21H15NO4S/c23-17(9-3-14-4-10-18-19(12-14)26-13-25-18)15-5-7-16(8-6-15)22-21(24)20-2-1-11-27-20/h1-12H,13H2,(H,22,24)/b9-3-. The average Bonchev–Trinajstić information content (AvgIpc) is 3.38. The zero-order valence-electron chi connectivity index (χ0n) is 14.2. The Bertz CT molecular complexity index is 1010. The number of thiophene rings is 1. The molecule has 3 aromatic rings. The Morgan fingerprint density at radius 2 is 1.81 bits per heavy atom. The minimum absolute atomic E-state index is 0.121. The summed E-state index contributed by atoms with van der Waals surface area (Å²) in [6.07, 6.45) is 3.24. The fraction of sp³-hybridized carbons (Fsp3) is 0.0476. The maximum absolute atomic E-state index is 12.3. The molecule has 27 heavy (non-hydrogen) atoms. The number of ether oxygens (including phenoxy) is 2. The van der Waals surface area contributed by atoms with E-state index in [2.05, 4.69) is 5.32 Å². The zero-order valence-corrected chi connectivity index (χ0v) is 15.0. The molecule has 0 fully saturated rings. The molecule has 0 atom stereocenters. The molecule has 4 rings (SSSR count). The van der Waals surface area contributed by atoms with E-state index in [0.29, 0.717) is 27.6 Å². The molecule has 1 aliphatic rings. The average molecular weight is 377 g/mol. The summed E-state index contributed by atoms with van der Waals surface area (Å²) in [6.45, 7) is 0.219. The van der Waals surface area contributed by atoms with Crippen LogP contribution in [0.5, 0.6) is 11.5 Å². The van der Waals surface area contributed by atoms with Gasteiger partial charge in [0.2, 0.25) is 6.79 Å². The van der Waals surface area contributed by atoms with Crippen LogP contribution >= 0.6 is 11.3 Å². The third-order valence-corrected chi connectivity index (χ3v) is 4.86. The van der Waals surface area contributed by atoms with E-state index < -0.39 is 0 Å². The van der Waals surface area contributed by atoms with Gasteiger partial charge in [0.1, 0.15) is 0 Å². The first-order chi connectivity index (χ1) is 13.2. The number of ketones is 1. The van der Waals surface area contributed by atoms with Gasteiger partial charge in [-0.2, -0.15) is 0 Å². The van der Waals surface area contributed by atoms with Crippen LogP contribution in [0.4, 0.5) is 5.69 Å². The Morgan fingerprint density at radius 3 is 2.59 bits per heavy atom. The maximum Gasteiger partial charge on any atom is 0.265 e. The lowest BCUT2D eigenvalue weighted by molar-refractivity contribution is 0.102. The molecular weight excluding hydrogens is 362 g/mol. The van der Waals surface area contributed by atoms with Crippen molar-refractivity contribution in [3.63, 3.8) is 0 Å². The molecular formula is C21H15NO4S. The van der Waals surface area contributed by atoms with Crippen molar-refractivity contribution in [2.24, 2.45) is 0 Å². The number of carbonyl (C=O) groups is 2. The molecule has 1 amide bonds. The number of carbonyl (C=O) groups excluding carboxylic acids is 2. The highest BCUT2D eigenvalue weighted by Gasteiger charge is 2.12. The summed E-state index contributed by atoms with van der Waals surface area (Å²) >= 11 is 1.38. The van der Waals surface area contributed by atoms with Gasteiger partial charge < -0.3 is 14.8 Å². The van der Waals surface area contributed by atoms with Crippen molar-refractivity contribution < 1.29 is 19.1 Å². The van der Waals surface area contributed by atoms with Gasteiger partial charge in [0.25, 0.3) is 5.91 Å². The van der Waals surface area contributed by atoms with E-state index in [1.165, 1.54) is 17.4 Å². The van der Waals surface area contributed by atoms with Gasteiger partial charge in [-0.3, -0.25) is 9.59 Å². The second-order valence-corrected chi connectivity index (χ2v) is 6.77. The Morgan fingerprint density at radius 1 is 1.00 bits per heavy atom. The van der Waals surface area contributed by atoms with Crippen molar-refractivity contribution in [2.75, 3.05) is 12.1 Å². The minimum atomic E-state index is -0.160. The quantitative estimate of drug-likeness (QED) is 0.520. The molecule has 1 aromatic heterocycles. The van der Waals surface area contributed by atoms with Crippen LogP contribution in [-0.2, 0) is 0 Å². The molecule has 2 heterocycles. The number of rotatable bonds is 5. The van der Waals surface area contributed by atoms with E-state index >= 15 is 0 Å². The van der Waals surface area contributed by atoms with E-state index in [9.17, 15) is 9.59 Å². The first-order valence-electron chi connectivity index (χ1n) is 8.26. The van der Waals surface area contributed by atoms with Crippen LogP contribution in [-0.4, -0.2) is 18.5 Å². The SMILES string of the molecule is O=C(/C=C\c1ccc2c(c1)OCO2)c1ccc(NC(=O)c2cccs2)cc1. The summed E-state index contributed by atoms with van der Waals surface area (Å²) in [5, 5.41) is 4.66. The molecule has 1 N–H and O–H groups in total. The van der Waals surface area contributed by atoms with E-state index in [1.807, 2.05) is 29.6 Å². The van der Waals surface area contributed by atoms with Crippen molar-refractivity contribution in [3.8, 4) is 11.5 Å². The highest BCUT2D eigenvalue weighted by Crippen LogP contribution is 2.32. The highest BCUT2D eigenvalue weighted by molar-refractivity contribution is 7.12. The molecule has 6 heteroatoms. The van der Waals surface area contributed by atoms with E-state index in [-0.39, 0.29) is 18.5 Å². The molecule has 0 radical (unpaired) electrons. The largest absolute Gasteiger partial charge is 0.454 e. The smallest absolute Gasteiger partial charge is 0.265 e. The van der Waals surface area contributed by atoms with E-state index in [0.717, 1.165) is 5.56 Å². The fourth-order valence-electron chi connectivity index (χ4n) is 2.60. The Labute approximate surface area is 159 Å². The number of hydrogen-bond donors (Lipinski definition) is 1. The van der Waals surface area contributed by atoms with Gasteiger partial charge in [-0.15, -0.1) is 11.3 Å². The van der Waals surface area contributed by atoms with Crippen molar-refractivity contribution in [3.05, 3.63) is 82.1 Å². The van der Waals surface area contributed by atoms with Crippen LogP contribution in [0.15, 0.2) is 66.1 Å². The molecule has 5 nitrogen and oxygen atoms in total. The van der Waals surface area contributed by atoms with E-state index in [1.54, 1.807) is 36.4 Å². The van der Waals surface area contributed by atoms with Crippen LogP contribution in [0.25, 0.3) is 6.08 Å². The lowest BCUT2D eigenvalue weighted by Crippen LogP contribution is -2.10. The summed E-state index contributed by atoms with van der Waals surface area (Å²) in [5.41, 5.74) is 2.04. The summed E-state index contributed by atoms with van der Waals surface area (Å²) < 4.78 is 10.6. The predicted octanol–water partition coefficient (Wildman–Crippen LogP) is 4.63. The van der Waals surface area contributed by atoms with Gasteiger partial charge in [0, 0.05) is 11.3 Å². The molecule has 0 bridgehead atoms. The van der Waals surface area contributed by atoms with E-state index in [4.69, 9.17) is 9.47 Å². The first kappa shape index (κ1) is 17.1. The maximum atomic E-state index is 12.3. The normalized spacial score (nSPS) is 12.3. The second kappa shape index (κ2) is 7.47. The summed E-state index contributed by atoms with van der Waals surface area (Å²) in [5.74, 6) is 1.10. The van der Waals surface area contributed by atoms with Gasteiger partial charge in [0.05, 0.1) is 4.88 Å². The number of amides is 1. The lowest BCUT2D eigenvalue weighted by atomic mass is 10.1. The van der Waals surface area contributed by atoms with Crippen LogP contribution in [0.3, 0.4) is 0 Å². The topological polar surface area (TPSA) is 64.6 Å². The Kier molecular flexibility index (Phi) is 4.72. The zero-order chi connectivity index (χ0) is 18.6. The number of hydrogen-bond acceptors (Lipinski definition) is 5. The monoisotopic (exact) mass is 377 g/mol. The number of fused-ring (bicyclic) bond motifs is 1. The molecule has 0 aliphatic carbocycles. The molecule has 0 spiro atoms. The highest BCUT2D eigenvalue weighted by atomic mass is 32.1. The number of allylic oxidation sites excluding steroid dienone is 1. The van der Waals surface area contributed by atoms with Crippen molar-refractivity contribution in [2.45, 2.75) is 0 Å². The van der Waals surface area contributed by atoms with Gasteiger partial charge >= 0.3 is 0 Å². The van der Waals surface area contributed by atoms with Crippen LogP contribution < -0.4 is 14.8 Å². The van der Waals surface area contributed by atoms with Crippen LogP contribution in [0, 0.1) is 0 Å². The summed E-state index contributed by atoms with van der Waals surface area (Å²) in [6, 6.07) is 15.9. The Balaban J connectivity index is 1.41. The third kappa shape index (κ3) is 3.91. The Hall–Kier alpha value is -3.38. The number of nitrogens with one attached hydrogen (secondary N) is 1. The lowest BCUT2D eigenvalue weighted by Gasteiger charge is -2.04. The van der Waals surface area contributed by atoms with Crippen molar-refractivity contribution >= 4 is 34.8 Å². The molecule has 1 aliphatic heterocycles. The van der Waals surface area contributed by atoms with Gasteiger partial charge in [-0.25, -0.2) is 0 Å². The van der Waals surface area contributed by atoms with Gasteiger partial charge in [-0.05, 0) is 59.5 Å². The predicted molar refractivity (Wildman–Crippen MR) is 105 cm³/mol. The second-order valence-electron chi connectivity index (χ2n) is 5.82. The number of anilines is 1. The molecule has 0 saturated carbocycles. The number of benzene rings is 2. The van der Waals surface area contributed by atoms with Gasteiger partial charge in [-0.1, -0.05) is 18.2 Å². The van der Waals surface area contributed by atoms with Gasteiger partial charge in [0.15, 0.2) is 17.3 Å². The fourth-order valence-corrected chi connectivity index (χ4v) is 3.22. The molecule has 2 aromatic carbocycles. The summed E-state index contributed by atoms with van der Waals surface area (Å²) in [7, 11) is 0. The molecule has 134 valence electrons. The third-order valence-electron chi connectivity index (χ3n) is 4.00. The molecule has 0 saturated heterocycles. The first-order valence-corrected chi connectivity index (χ1v) is 9.14. The molecule has 0 unspecified atom stereocenters. The van der Waals surface area contributed by atoms with Crippen molar-refractivity contribution in [1.82, 2.24) is 0 Å². The minimum Gasteiger partial charge on any atom is -0.454 e. The summed E-state index contributed by atoms with van der Waals surface area (Å²) in [4.78, 5) is 25.0. The van der Waals surface area contributed by atoms with Crippen LogP contribution in [0.2, 0.25) is 0 Å².